The third-order valence-corrected chi connectivity index (χ3v) is 6.29. The van der Waals surface area contributed by atoms with Crippen LogP contribution < -0.4 is 4.72 Å². The molecule has 0 amide bonds. The predicted molar refractivity (Wildman–Crippen MR) is 79.4 cm³/mol. The van der Waals surface area contributed by atoms with Gasteiger partial charge in [0.15, 0.2) is 0 Å². The Balaban J connectivity index is 1.96. The van der Waals surface area contributed by atoms with E-state index in [0.717, 1.165) is 32.1 Å². The lowest BCUT2D eigenvalue weighted by molar-refractivity contribution is 0.133. The van der Waals surface area contributed by atoms with Crippen molar-refractivity contribution in [3.8, 4) is 0 Å². The van der Waals surface area contributed by atoms with E-state index in [4.69, 9.17) is 0 Å². The molecule has 5 nitrogen and oxygen atoms in total. The van der Waals surface area contributed by atoms with E-state index in [1.165, 1.54) is 0 Å². The molecule has 1 saturated heterocycles. The molecular formula is C14H28N2O3S. The molecule has 1 saturated carbocycles. The van der Waals surface area contributed by atoms with E-state index in [0.29, 0.717) is 31.5 Å². The van der Waals surface area contributed by atoms with Gasteiger partial charge >= 0.3 is 0 Å². The fraction of sp³-hybridized carbons (Fsp3) is 1.00. The highest BCUT2D eigenvalue weighted by atomic mass is 32.2. The van der Waals surface area contributed by atoms with Gasteiger partial charge in [-0.2, -0.15) is 12.7 Å². The van der Waals surface area contributed by atoms with Crippen molar-refractivity contribution in [2.24, 2.45) is 17.3 Å². The number of hydrogen-bond acceptors (Lipinski definition) is 3. The van der Waals surface area contributed by atoms with Crippen LogP contribution in [-0.4, -0.2) is 44.1 Å². The average molecular weight is 304 g/mol. The Labute approximate surface area is 122 Å². The Kier molecular flexibility index (Phi) is 5.10. The predicted octanol–water partition coefficient (Wildman–Crippen LogP) is 1.35. The van der Waals surface area contributed by atoms with E-state index in [2.05, 4.69) is 18.6 Å². The molecule has 1 aliphatic carbocycles. The first-order valence-corrected chi connectivity index (χ1v) is 9.16. The summed E-state index contributed by atoms with van der Waals surface area (Å²) in [5, 5.41) is 9.56. The molecule has 1 aliphatic heterocycles. The van der Waals surface area contributed by atoms with Gasteiger partial charge in [-0.15, -0.1) is 0 Å². The van der Waals surface area contributed by atoms with Gasteiger partial charge in [-0.25, -0.2) is 4.72 Å². The van der Waals surface area contributed by atoms with Crippen molar-refractivity contribution in [1.29, 1.82) is 0 Å². The van der Waals surface area contributed by atoms with E-state index >= 15 is 0 Å². The van der Waals surface area contributed by atoms with E-state index in [1.807, 2.05) is 0 Å². The van der Waals surface area contributed by atoms with Gasteiger partial charge in [-0.3, -0.25) is 0 Å². The second-order valence-electron chi connectivity index (χ2n) is 6.95. The van der Waals surface area contributed by atoms with Crippen molar-refractivity contribution in [2.45, 2.75) is 46.0 Å². The molecule has 2 unspecified atom stereocenters. The van der Waals surface area contributed by atoms with E-state index in [1.54, 1.807) is 4.31 Å². The second kappa shape index (κ2) is 6.30. The minimum absolute atomic E-state index is 0.0718. The molecule has 0 spiro atoms. The number of hydrogen-bond donors (Lipinski definition) is 2. The summed E-state index contributed by atoms with van der Waals surface area (Å²) in [7, 11) is -3.41. The summed E-state index contributed by atoms with van der Waals surface area (Å²) in [6, 6.07) is 0. The molecular weight excluding hydrogens is 276 g/mol. The van der Waals surface area contributed by atoms with E-state index in [9.17, 15) is 13.5 Å². The van der Waals surface area contributed by atoms with Crippen LogP contribution in [-0.2, 0) is 10.2 Å². The largest absolute Gasteiger partial charge is 0.396 e. The average Bonchev–Trinajstić information content (AvgIpc) is 2.85. The van der Waals surface area contributed by atoms with Crippen molar-refractivity contribution in [2.75, 3.05) is 26.2 Å². The molecule has 0 aromatic carbocycles. The summed E-state index contributed by atoms with van der Waals surface area (Å²) < 4.78 is 29.2. The Hall–Kier alpha value is -0.170. The number of rotatable bonds is 5. The van der Waals surface area contributed by atoms with Crippen LogP contribution in [0.2, 0.25) is 0 Å². The Morgan fingerprint density at radius 1 is 1.20 bits per heavy atom. The number of aliphatic hydroxyl groups excluding tert-OH is 1. The molecule has 2 rings (SSSR count). The van der Waals surface area contributed by atoms with Crippen LogP contribution in [0.15, 0.2) is 0 Å². The molecule has 2 atom stereocenters. The van der Waals surface area contributed by atoms with Crippen LogP contribution >= 0.6 is 0 Å². The third-order valence-electron chi connectivity index (χ3n) is 4.80. The van der Waals surface area contributed by atoms with E-state index < -0.39 is 10.2 Å². The van der Waals surface area contributed by atoms with Gasteiger partial charge in [0.25, 0.3) is 10.2 Å². The van der Waals surface area contributed by atoms with Crippen molar-refractivity contribution in [1.82, 2.24) is 9.03 Å². The van der Waals surface area contributed by atoms with Crippen LogP contribution in [0, 0.1) is 17.3 Å². The highest BCUT2D eigenvalue weighted by Gasteiger charge is 2.36. The Morgan fingerprint density at radius 3 is 2.25 bits per heavy atom. The Morgan fingerprint density at radius 2 is 1.75 bits per heavy atom. The normalized spacial score (nSPS) is 31.6. The highest BCUT2D eigenvalue weighted by Crippen LogP contribution is 2.37. The molecule has 2 aliphatic rings. The fourth-order valence-electron chi connectivity index (χ4n) is 3.65. The van der Waals surface area contributed by atoms with Crippen molar-refractivity contribution in [3.05, 3.63) is 0 Å². The molecule has 2 N–H and O–H groups in total. The molecule has 20 heavy (non-hydrogen) atoms. The molecule has 1 heterocycles. The van der Waals surface area contributed by atoms with Crippen molar-refractivity contribution >= 4 is 10.2 Å². The SMILES string of the molecule is CC1CC(C)CN(S(=O)(=O)NCC2(CO)CCCC2)C1. The van der Waals surface area contributed by atoms with Gasteiger partial charge in [0.1, 0.15) is 0 Å². The molecule has 118 valence electrons. The summed E-state index contributed by atoms with van der Waals surface area (Å²) in [6.45, 7) is 5.85. The fourth-order valence-corrected chi connectivity index (χ4v) is 5.23. The van der Waals surface area contributed by atoms with Crippen LogP contribution in [0.3, 0.4) is 0 Å². The number of nitrogens with one attached hydrogen (secondary N) is 1. The lowest BCUT2D eigenvalue weighted by Crippen LogP contribution is -2.50. The van der Waals surface area contributed by atoms with Crippen molar-refractivity contribution in [3.63, 3.8) is 0 Å². The van der Waals surface area contributed by atoms with Crippen LogP contribution in [0.5, 0.6) is 0 Å². The Bertz CT molecular complexity index is 408. The molecule has 6 heteroatoms. The van der Waals surface area contributed by atoms with Gasteiger partial charge in [0.2, 0.25) is 0 Å². The number of aliphatic hydroxyl groups is 1. The number of piperidine rings is 1. The smallest absolute Gasteiger partial charge is 0.279 e. The topological polar surface area (TPSA) is 69.6 Å². The lowest BCUT2D eigenvalue weighted by Gasteiger charge is -2.35. The quantitative estimate of drug-likeness (QED) is 0.805. The van der Waals surface area contributed by atoms with Gasteiger partial charge in [-0.05, 0) is 31.1 Å². The standard InChI is InChI=1S/C14H28N2O3S/c1-12-7-13(2)9-16(8-12)20(18,19)15-10-14(11-17)5-3-4-6-14/h12-13,15,17H,3-11H2,1-2H3. The minimum atomic E-state index is -3.41. The zero-order valence-electron chi connectivity index (χ0n) is 12.6. The maximum Gasteiger partial charge on any atom is 0.279 e. The zero-order valence-corrected chi connectivity index (χ0v) is 13.5. The summed E-state index contributed by atoms with van der Waals surface area (Å²) >= 11 is 0. The minimum Gasteiger partial charge on any atom is -0.396 e. The third kappa shape index (κ3) is 3.72. The first-order valence-electron chi connectivity index (χ1n) is 7.72. The van der Waals surface area contributed by atoms with Gasteiger partial charge in [-0.1, -0.05) is 26.7 Å². The van der Waals surface area contributed by atoms with Crippen LogP contribution in [0.1, 0.15) is 46.0 Å². The second-order valence-corrected chi connectivity index (χ2v) is 8.71. The molecule has 0 aromatic rings. The molecule has 0 radical (unpaired) electrons. The van der Waals surface area contributed by atoms with E-state index in [-0.39, 0.29) is 12.0 Å². The van der Waals surface area contributed by atoms with Gasteiger partial charge < -0.3 is 5.11 Å². The summed E-state index contributed by atoms with van der Waals surface area (Å²) in [6.07, 6.45) is 5.09. The van der Waals surface area contributed by atoms with Crippen LogP contribution in [0.4, 0.5) is 0 Å². The zero-order chi connectivity index (χ0) is 14.8. The molecule has 0 bridgehead atoms. The monoisotopic (exact) mass is 304 g/mol. The first kappa shape index (κ1) is 16.2. The number of nitrogens with zero attached hydrogens (tertiary/aromatic N) is 1. The molecule has 2 fully saturated rings. The lowest BCUT2D eigenvalue weighted by atomic mass is 9.88. The summed E-state index contributed by atoms with van der Waals surface area (Å²) in [5.74, 6) is 0.821. The first-order chi connectivity index (χ1) is 9.37. The summed E-state index contributed by atoms with van der Waals surface area (Å²) in [4.78, 5) is 0. The van der Waals surface area contributed by atoms with Gasteiger partial charge in [0, 0.05) is 31.7 Å². The maximum atomic E-state index is 12.4. The maximum absolute atomic E-state index is 12.4. The van der Waals surface area contributed by atoms with Gasteiger partial charge in [0.05, 0.1) is 0 Å². The van der Waals surface area contributed by atoms with Crippen molar-refractivity contribution < 1.29 is 13.5 Å². The highest BCUT2D eigenvalue weighted by molar-refractivity contribution is 7.87. The molecule has 0 aromatic heterocycles. The van der Waals surface area contributed by atoms with Crippen LogP contribution in [0.25, 0.3) is 0 Å². The summed E-state index contributed by atoms with van der Waals surface area (Å²) in [5.41, 5.74) is -0.236.